The molecule has 0 spiro atoms. The Labute approximate surface area is 128 Å². The molecule has 0 saturated carbocycles. The molecule has 0 unspecified atom stereocenters. The Morgan fingerprint density at radius 1 is 0.818 bits per heavy atom. The number of imidazole rings is 1. The molecule has 0 fully saturated rings. The lowest BCUT2D eigenvalue weighted by Gasteiger charge is -2.05. The van der Waals surface area contributed by atoms with Crippen LogP contribution in [0.25, 0.3) is 22.3 Å². The Morgan fingerprint density at radius 3 is 2.23 bits per heavy atom. The number of nitrogens with zero attached hydrogens (tertiary/aromatic N) is 4. The van der Waals surface area contributed by atoms with E-state index in [0.29, 0.717) is 0 Å². The average Bonchev–Trinajstić information content (AvgIpc) is 2.89. The molecular weight excluding hydrogens is 272 g/mol. The molecular formula is C18H16N4. The van der Waals surface area contributed by atoms with Gasteiger partial charge >= 0.3 is 0 Å². The van der Waals surface area contributed by atoms with Gasteiger partial charge in [-0.05, 0) is 24.6 Å². The van der Waals surface area contributed by atoms with Gasteiger partial charge in [0, 0.05) is 13.0 Å². The van der Waals surface area contributed by atoms with E-state index in [9.17, 15) is 0 Å². The van der Waals surface area contributed by atoms with Crippen molar-refractivity contribution < 1.29 is 0 Å². The molecule has 0 aliphatic rings. The van der Waals surface area contributed by atoms with Crippen LogP contribution in [0.4, 0.5) is 0 Å². The zero-order valence-electron chi connectivity index (χ0n) is 12.4. The number of fused-ring (bicyclic) bond motifs is 2. The molecule has 0 bridgehead atoms. The van der Waals surface area contributed by atoms with Crippen molar-refractivity contribution in [2.45, 2.75) is 19.9 Å². The monoisotopic (exact) mass is 288 g/mol. The summed E-state index contributed by atoms with van der Waals surface area (Å²) in [6.07, 6.45) is 0.795. The highest BCUT2D eigenvalue weighted by Gasteiger charge is 2.13. The molecule has 0 radical (unpaired) electrons. The summed E-state index contributed by atoms with van der Waals surface area (Å²) in [6.45, 7) is 2.96. The van der Waals surface area contributed by atoms with Crippen molar-refractivity contribution >= 4 is 22.3 Å². The van der Waals surface area contributed by atoms with Gasteiger partial charge in [-0.3, -0.25) is 0 Å². The summed E-state index contributed by atoms with van der Waals surface area (Å²) < 4.78 is 2.15. The number of benzene rings is 2. The Kier molecular flexibility index (Phi) is 3.07. The summed E-state index contributed by atoms with van der Waals surface area (Å²) in [6, 6.07) is 18.3. The molecule has 0 saturated heterocycles. The lowest BCUT2D eigenvalue weighted by Crippen LogP contribution is -2.03. The topological polar surface area (TPSA) is 43.6 Å². The Bertz CT molecular complexity index is 941. The molecule has 4 rings (SSSR count). The summed E-state index contributed by atoms with van der Waals surface area (Å²) >= 11 is 0. The van der Waals surface area contributed by atoms with Gasteiger partial charge in [0.15, 0.2) is 11.3 Å². The molecule has 4 aromatic rings. The van der Waals surface area contributed by atoms with E-state index < -0.39 is 0 Å². The fourth-order valence-corrected chi connectivity index (χ4v) is 2.79. The van der Waals surface area contributed by atoms with E-state index in [1.54, 1.807) is 0 Å². The van der Waals surface area contributed by atoms with Gasteiger partial charge in [-0.15, -0.1) is 0 Å². The summed E-state index contributed by atoms with van der Waals surface area (Å²) in [4.78, 5) is 14.1. The maximum Gasteiger partial charge on any atom is 0.198 e. The number of hydrogen-bond acceptors (Lipinski definition) is 3. The second-order valence-corrected chi connectivity index (χ2v) is 5.29. The van der Waals surface area contributed by atoms with Crippen molar-refractivity contribution in [2.24, 2.45) is 0 Å². The molecule has 0 aliphatic carbocycles. The van der Waals surface area contributed by atoms with Gasteiger partial charge in [0.2, 0.25) is 0 Å². The Hall–Kier alpha value is -2.75. The summed E-state index contributed by atoms with van der Waals surface area (Å²) in [7, 11) is 0. The van der Waals surface area contributed by atoms with E-state index in [0.717, 1.165) is 41.1 Å². The zero-order valence-corrected chi connectivity index (χ0v) is 12.4. The molecule has 2 aromatic carbocycles. The van der Waals surface area contributed by atoms with Crippen molar-refractivity contribution in [2.75, 3.05) is 0 Å². The van der Waals surface area contributed by atoms with Gasteiger partial charge in [-0.2, -0.15) is 0 Å². The van der Waals surface area contributed by atoms with Crippen molar-refractivity contribution in [1.29, 1.82) is 0 Å². The van der Waals surface area contributed by atoms with Crippen molar-refractivity contribution in [1.82, 2.24) is 19.5 Å². The van der Waals surface area contributed by atoms with E-state index in [1.165, 1.54) is 5.56 Å². The second kappa shape index (κ2) is 5.22. The van der Waals surface area contributed by atoms with E-state index in [-0.39, 0.29) is 0 Å². The third-order valence-corrected chi connectivity index (χ3v) is 3.86. The molecule has 0 amide bonds. The van der Waals surface area contributed by atoms with Crippen LogP contribution in [0.5, 0.6) is 0 Å². The first-order valence-corrected chi connectivity index (χ1v) is 7.51. The summed E-state index contributed by atoms with van der Waals surface area (Å²) in [5.41, 5.74) is 4.65. The molecule has 4 heteroatoms. The predicted octanol–water partition coefficient (Wildman–Crippen LogP) is 3.59. The largest absolute Gasteiger partial charge is 0.311 e. The number of hydrogen-bond donors (Lipinski definition) is 0. The molecule has 22 heavy (non-hydrogen) atoms. The standard InChI is InChI=1S/C18H16N4/c1-2-22-16(12-13-8-4-3-5-9-13)21-17-18(22)20-15-11-7-6-10-14(15)19-17/h3-11H,2,12H2,1H3. The van der Waals surface area contributed by atoms with Gasteiger partial charge in [-0.25, -0.2) is 15.0 Å². The molecule has 0 N–H and O–H groups in total. The van der Waals surface area contributed by atoms with Gasteiger partial charge in [0.1, 0.15) is 5.82 Å². The van der Waals surface area contributed by atoms with E-state index in [1.807, 2.05) is 30.3 Å². The second-order valence-electron chi connectivity index (χ2n) is 5.29. The van der Waals surface area contributed by atoms with Gasteiger partial charge in [0.25, 0.3) is 0 Å². The van der Waals surface area contributed by atoms with Crippen LogP contribution >= 0.6 is 0 Å². The molecule has 2 heterocycles. The van der Waals surface area contributed by atoms with E-state index in [4.69, 9.17) is 9.97 Å². The number of rotatable bonds is 3. The lowest BCUT2D eigenvalue weighted by atomic mass is 10.1. The minimum absolute atomic E-state index is 0.728. The lowest BCUT2D eigenvalue weighted by molar-refractivity contribution is 0.727. The minimum atomic E-state index is 0.728. The van der Waals surface area contributed by atoms with Crippen LogP contribution in [0.1, 0.15) is 18.3 Å². The Balaban J connectivity index is 1.89. The van der Waals surface area contributed by atoms with Crippen LogP contribution in [0.15, 0.2) is 54.6 Å². The van der Waals surface area contributed by atoms with E-state index in [2.05, 4.69) is 40.7 Å². The highest BCUT2D eigenvalue weighted by molar-refractivity contribution is 5.83. The molecule has 0 atom stereocenters. The fraction of sp³-hybridized carbons (Fsp3) is 0.167. The Morgan fingerprint density at radius 2 is 1.50 bits per heavy atom. The van der Waals surface area contributed by atoms with Crippen molar-refractivity contribution in [3.05, 3.63) is 66.0 Å². The normalized spacial score (nSPS) is 11.3. The SMILES string of the molecule is CCn1c(Cc2ccccc2)nc2nc3ccccc3nc21. The van der Waals surface area contributed by atoms with Crippen molar-refractivity contribution in [3.8, 4) is 0 Å². The van der Waals surface area contributed by atoms with E-state index >= 15 is 0 Å². The molecule has 4 nitrogen and oxygen atoms in total. The fourth-order valence-electron chi connectivity index (χ4n) is 2.79. The summed E-state index contributed by atoms with van der Waals surface area (Å²) in [5.74, 6) is 1.01. The van der Waals surface area contributed by atoms with Crippen molar-refractivity contribution in [3.63, 3.8) is 0 Å². The maximum absolute atomic E-state index is 4.75. The number of para-hydroxylation sites is 2. The zero-order chi connectivity index (χ0) is 14.9. The minimum Gasteiger partial charge on any atom is -0.311 e. The first-order chi connectivity index (χ1) is 10.8. The summed E-state index contributed by atoms with van der Waals surface area (Å²) in [5, 5.41) is 0. The first-order valence-electron chi connectivity index (χ1n) is 7.51. The van der Waals surface area contributed by atoms with Gasteiger partial charge < -0.3 is 4.57 Å². The first kappa shape index (κ1) is 13.0. The van der Waals surface area contributed by atoms with Crippen LogP contribution in [0.2, 0.25) is 0 Å². The quantitative estimate of drug-likeness (QED) is 0.578. The molecule has 0 aliphatic heterocycles. The average molecular weight is 288 g/mol. The molecule has 2 aromatic heterocycles. The maximum atomic E-state index is 4.75. The molecule has 108 valence electrons. The van der Waals surface area contributed by atoms with Crippen LogP contribution < -0.4 is 0 Å². The third kappa shape index (κ3) is 2.13. The van der Waals surface area contributed by atoms with Crippen LogP contribution in [-0.2, 0) is 13.0 Å². The van der Waals surface area contributed by atoms with Crippen LogP contribution in [-0.4, -0.2) is 19.5 Å². The van der Waals surface area contributed by atoms with Gasteiger partial charge in [0.05, 0.1) is 11.0 Å². The third-order valence-electron chi connectivity index (χ3n) is 3.86. The van der Waals surface area contributed by atoms with Crippen LogP contribution in [0, 0.1) is 0 Å². The highest BCUT2D eigenvalue weighted by Crippen LogP contribution is 2.19. The number of aryl methyl sites for hydroxylation is 1. The smallest absolute Gasteiger partial charge is 0.198 e. The van der Waals surface area contributed by atoms with Gasteiger partial charge in [-0.1, -0.05) is 42.5 Å². The highest BCUT2D eigenvalue weighted by atomic mass is 15.2. The predicted molar refractivity (Wildman–Crippen MR) is 87.8 cm³/mol. The van der Waals surface area contributed by atoms with Crippen LogP contribution in [0.3, 0.4) is 0 Å². The number of aromatic nitrogens is 4.